The molecule has 2 heterocycles. The van der Waals surface area contributed by atoms with E-state index in [1.54, 1.807) is 29.2 Å². The van der Waals surface area contributed by atoms with Crippen molar-refractivity contribution in [3.63, 3.8) is 0 Å². The summed E-state index contributed by atoms with van der Waals surface area (Å²) in [6.45, 7) is 0.952. The lowest BCUT2D eigenvalue weighted by molar-refractivity contribution is 0.0951. The largest absolute Gasteiger partial charge is 0.396 e. The lowest BCUT2D eigenvalue weighted by Crippen LogP contribution is -2.25. The second kappa shape index (κ2) is 7.51. The second-order valence-electron chi connectivity index (χ2n) is 4.48. The standard InChI is InChI=1S/C14H18N4O3/c19-6-1-4-15-14(21)11-2-3-13(16-8-11)12-9-17-18(10-12)5-7-20/h2-3,8-10,19-20H,1,4-7H2,(H,15,21). The third-order valence-electron chi connectivity index (χ3n) is 2.90. The SMILES string of the molecule is O=C(NCCCO)c1ccc(-c2cnn(CCO)c2)nc1. The Morgan fingerprint density at radius 3 is 2.76 bits per heavy atom. The van der Waals surface area contributed by atoms with Gasteiger partial charge >= 0.3 is 0 Å². The predicted molar refractivity (Wildman–Crippen MR) is 76.6 cm³/mol. The number of aromatic nitrogens is 3. The van der Waals surface area contributed by atoms with Crippen LogP contribution in [0.15, 0.2) is 30.7 Å². The van der Waals surface area contributed by atoms with E-state index in [-0.39, 0.29) is 19.1 Å². The average Bonchev–Trinajstić information content (AvgIpc) is 2.97. The quantitative estimate of drug-likeness (QED) is 0.626. The van der Waals surface area contributed by atoms with Gasteiger partial charge in [-0.1, -0.05) is 0 Å². The Morgan fingerprint density at radius 2 is 2.10 bits per heavy atom. The first-order valence-electron chi connectivity index (χ1n) is 6.73. The number of pyridine rings is 1. The molecule has 0 aliphatic carbocycles. The lowest BCUT2D eigenvalue weighted by Gasteiger charge is -2.04. The zero-order valence-electron chi connectivity index (χ0n) is 11.6. The zero-order valence-corrected chi connectivity index (χ0v) is 11.6. The van der Waals surface area contributed by atoms with E-state index in [0.29, 0.717) is 30.8 Å². The number of nitrogens with zero attached hydrogens (tertiary/aromatic N) is 3. The van der Waals surface area contributed by atoms with Gasteiger partial charge in [0.25, 0.3) is 5.91 Å². The summed E-state index contributed by atoms with van der Waals surface area (Å²) in [4.78, 5) is 16.0. The number of carbonyl (C=O) groups is 1. The minimum absolute atomic E-state index is 0.0293. The summed E-state index contributed by atoms with van der Waals surface area (Å²) in [5.41, 5.74) is 2.02. The van der Waals surface area contributed by atoms with Gasteiger partial charge in [0.05, 0.1) is 30.6 Å². The van der Waals surface area contributed by atoms with E-state index in [2.05, 4.69) is 15.4 Å². The van der Waals surface area contributed by atoms with Crippen molar-refractivity contribution < 1.29 is 15.0 Å². The predicted octanol–water partition coefficient (Wildman–Crippen LogP) is 0.0496. The van der Waals surface area contributed by atoms with Crippen molar-refractivity contribution in [3.8, 4) is 11.3 Å². The molecule has 0 aromatic carbocycles. The molecule has 112 valence electrons. The van der Waals surface area contributed by atoms with E-state index in [1.165, 1.54) is 6.20 Å². The summed E-state index contributed by atoms with van der Waals surface area (Å²) < 4.78 is 1.63. The zero-order chi connectivity index (χ0) is 15.1. The van der Waals surface area contributed by atoms with Crippen molar-refractivity contribution in [2.75, 3.05) is 19.8 Å². The fourth-order valence-electron chi connectivity index (χ4n) is 1.80. The molecular weight excluding hydrogens is 272 g/mol. The van der Waals surface area contributed by atoms with Crippen LogP contribution in [-0.4, -0.2) is 50.6 Å². The number of aliphatic hydroxyl groups excluding tert-OH is 2. The molecule has 0 saturated carbocycles. The second-order valence-corrected chi connectivity index (χ2v) is 4.48. The van der Waals surface area contributed by atoms with Crippen molar-refractivity contribution in [1.29, 1.82) is 0 Å². The molecule has 7 nitrogen and oxygen atoms in total. The Kier molecular flexibility index (Phi) is 5.42. The fourth-order valence-corrected chi connectivity index (χ4v) is 1.80. The number of hydrogen-bond donors (Lipinski definition) is 3. The molecular formula is C14H18N4O3. The van der Waals surface area contributed by atoms with Crippen molar-refractivity contribution >= 4 is 5.91 Å². The van der Waals surface area contributed by atoms with Gasteiger partial charge < -0.3 is 15.5 Å². The van der Waals surface area contributed by atoms with Gasteiger partial charge in [0, 0.05) is 31.1 Å². The molecule has 2 aromatic heterocycles. The highest BCUT2D eigenvalue weighted by Crippen LogP contribution is 2.16. The molecule has 0 aliphatic rings. The normalized spacial score (nSPS) is 10.6. The third kappa shape index (κ3) is 4.11. The molecule has 0 atom stereocenters. The number of amides is 1. The minimum atomic E-state index is -0.210. The van der Waals surface area contributed by atoms with Crippen LogP contribution in [0, 0.1) is 0 Å². The summed E-state index contributed by atoms with van der Waals surface area (Å²) >= 11 is 0. The first-order chi connectivity index (χ1) is 10.2. The maximum absolute atomic E-state index is 11.8. The van der Waals surface area contributed by atoms with Crippen LogP contribution < -0.4 is 5.32 Å². The number of hydrogen-bond acceptors (Lipinski definition) is 5. The summed E-state index contributed by atoms with van der Waals surface area (Å²) in [5.74, 6) is -0.210. The first-order valence-corrected chi connectivity index (χ1v) is 6.73. The van der Waals surface area contributed by atoms with E-state index in [9.17, 15) is 4.79 Å². The van der Waals surface area contributed by atoms with E-state index in [0.717, 1.165) is 5.56 Å². The van der Waals surface area contributed by atoms with E-state index >= 15 is 0 Å². The molecule has 0 spiro atoms. The Balaban J connectivity index is 2.02. The Hall–Kier alpha value is -2.25. The molecule has 3 N–H and O–H groups in total. The van der Waals surface area contributed by atoms with Gasteiger partial charge in [-0.2, -0.15) is 5.10 Å². The van der Waals surface area contributed by atoms with Crippen molar-refractivity contribution in [1.82, 2.24) is 20.1 Å². The number of aliphatic hydroxyl groups is 2. The van der Waals surface area contributed by atoms with Gasteiger partial charge in [0.1, 0.15) is 0 Å². The van der Waals surface area contributed by atoms with Gasteiger partial charge in [-0.15, -0.1) is 0 Å². The smallest absolute Gasteiger partial charge is 0.252 e. The highest BCUT2D eigenvalue weighted by atomic mass is 16.3. The molecule has 1 amide bonds. The van der Waals surface area contributed by atoms with Crippen LogP contribution in [0.4, 0.5) is 0 Å². The molecule has 0 saturated heterocycles. The summed E-state index contributed by atoms with van der Waals surface area (Å²) in [5, 5.41) is 24.3. The van der Waals surface area contributed by atoms with Crippen LogP contribution in [0.25, 0.3) is 11.3 Å². The van der Waals surface area contributed by atoms with Crippen LogP contribution in [0.3, 0.4) is 0 Å². The minimum Gasteiger partial charge on any atom is -0.396 e. The Bertz CT molecular complexity index is 580. The van der Waals surface area contributed by atoms with Crippen molar-refractivity contribution in [2.24, 2.45) is 0 Å². The number of rotatable bonds is 7. The maximum Gasteiger partial charge on any atom is 0.252 e. The van der Waals surface area contributed by atoms with Crippen molar-refractivity contribution in [3.05, 3.63) is 36.3 Å². The van der Waals surface area contributed by atoms with Gasteiger partial charge in [-0.05, 0) is 18.6 Å². The maximum atomic E-state index is 11.8. The van der Waals surface area contributed by atoms with Gasteiger partial charge in [-0.25, -0.2) is 0 Å². The molecule has 2 rings (SSSR count). The van der Waals surface area contributed by atoms with Crippen LogP contribution in [0.1, 0.15) is 16.8 Å². The average molecular weight is 290 g/mol. The van der Waals surface area contributed by atoms with Crippen LogP contribution in [-0.2, 0) is 6.54 Å². The molecule has 21 heavy (non-hydrogen) atoms. The topological polar surface area (TPSA) is 100 Å². The molecule has 0 radical (unpaired) electrons. The summed E-state index contributed by atoms with van der Waals surface area (Å²) in [6.07, 6.45) is 5.49. The molecule has 2 aromatic rings. The number of nitrogens with one attached hydrogen (secondary N) is 1. The summed E-state index contributed by atoms with van der Waals surface area (Å²) in [7, 11) is 0. The highest BCUT2D eigenvalue weighted by molar-refractivity contribution is 5.94. The van der Waals surface area contributed by atoms with Crippen molar-refractivity contribution in [2.45, 2.75) is 13.0 Å². The molecule has 0 fully saturated rings. The lowest BCUT2D eigenvalue weighted by atomic mass is 10.2. The fraction of sp³-hybridized carbons (Fsp3) is 0.357. The third-order valence-corrected chi connectivity index (χ3v) is 2.90. The Labute approximate surface area is 122 Å². The van der Waals surface area contributed by atoms with Gasteiger partial charge in [0.15, 0.2) is 0 Å². The molecule has 0 aliphatic heterocycles. The van der Waals surface area contributed by atoms with E-state index in [4.69, 9.17) is 10.2 Å². The molecule has 0 unspecified atom stereocenters. The summed E-state index contributed by atoms with van der Waals surface area (Å²) in [6, 6.07) is 3.45. The highest BCUT2D eigenvalue weighted by Gasteiger charge is 2.07. The monoisotopic (exact) mass is 290 g/mol. The Morgan fingerprint density at radius 1 is 1.24 bits per heavy atom. The van der Waals surface area contributed by atoms with Crippen LogP contribution in [0.2, 0.25) is 0 Å². The van der Waals surface area contributed by atoms with Gasteiger partial charge in [0.2, 0.25) is 0 Å². The molecule has 7 heteroatoms. The van der Waals surface area contributed by atoms with Crippen LogP contribution >= 0.6 is 0 Å². The van der Waals surface area contributed by atoms with Crippen LogP contribution in [0.5, 0.6) is 0 Å². The van der Waals surface area contributed by atoms with Gasteiger partial charge in [-0.3, -0.25) is 14.5 Å². The van der Waals surface area contributed by atoms with E-state index < -0.39 is 0 Å². The first kappa shape index (κ1) is 15.1. The van der Waals surface area contributed by atoms with E-state index in [1.807, 2.05) is 0 Å². The number of carbonyl (C=O) groups excluding carboxylic acids is 1. The molecule has 0 bridgehead atoms.